The van der Waals surface area contributed by atoms with Gasteiger partial charge in [-0.3, -0.25) is 4.79 Å². The Kier molecular flexibility index (Phi) is 29.9. The predicted molar refractivity (Wildman–Crippen MR) is 160 cm³/mol. The molecule has 0 aliphatic carbocycles. The first-order valence-electron chi connectivity index (χ1n) is 15.9. The molecule has 0 aromatic heterocycles. The van der Waals surface area contributed by atoms with Crippen molar-refractivity contribution in [1.29, 1.82) is 0 Å². The fraction of sp³-hybridized carbons (Fsp3) is 0.967. The summed E-state index contributed by atoms with van der Waals surface area (Å²) in [5, 5.41) is 67.1. The molecule has 0 spiro atoms. The van der Waals surface area contributed by atoms with E-state index in [0.29, 0.717) is 6.42 Å². The maximum Gasteiger partial charge on any atom is 0.305 e. The smallest absolute Gasteiger partial charge is 0.305 e. The Morgan fingerprint density at radius 2 is 0.750 bits per heavy atom. The summed E-state index contributed by atoms with van der Waals surface area (Å²) in [4.78, 5) is 11.8. The molecule has 44 heavy (non-hydrogen) atoms. The van der Waals surface area contributed by atoms with Crippen LogP contribution >= 0.6 is 0 Å². The molecule has 6 atom stereocenters. The van der Waals surface area contributed by atoms with Gasteiger partial charge in [-0.25, -0.2) is 0 Å². The van der Waals surface area contributed by atoms with E-state index in [-0.39, 0.29) is 78.6 Å². The van der Waals surface area contributed by atoms with Gasteiger partial charge in [0.05, 0.1) is 72.7 Å². The van der Waals surface area contributed by atoms with Gasteiger partial charge in [0.25, 0.3) is 0 Å². The third-order valence-electron chi connectivity index (χ3n) is 6.23. The molecule has 264 valence electrons. The van der Waals surface area contributed by atoms with E-state index in [4.69, 9.17) is 38.6 Å². The summed E-state index contributed by atoms with van der Waals surface area (Å²) < 4.78 is 30.9. The average Bonchev–Trinajstić information content (AvgIpc) is 2.99. The lowest BCUT2D eigenvalue weighted by molar-refractivity contribution is -0.148. The molecule has 0 heterocycles. The third-order valence-corrected chi connectivity index (χ3v) is 6.23. The van der Waals surface area contributed by atoms with Crippen LogP contribution in [0.25, 0.3) is 0 Å². The van der Waals surface area contributed by atoms with Crippen molar-refractivity contribution >= 4 is 5.97 Å². The number of carbonyl (C=O) groups excluding carboxylic acids is 1. The van der Waals surface area contributed by atoms with Crippen molar-refractivity contribution < 1.29 is 69.0 Å². The van der Waals surface area contributed by atoms with Crippen molar-refractivity contribution in [2.45, 2.75) is 108 Å². The highest BCUT2D eigenvalue weighted by Gasteiger charge is 2.14. The molecular weight excluding hydrogens is 584 g/mol. The zero-order valence-electron chi connectivity index (χ0n) is 26.5. The van der Waals surface area contributed by atoms with Gasteiger partial charge in [-0.15, -0.1) is 0 Å². The van der Waals surface area contributed by atoms with Gasteiger partial charge in [0.2, 0.25) is 0 Å². The minimum absolute atomic E-state index is 0.102. The van der Waals surface area contributed by atoms with Crippen LogP contribution in [0.5, 0.6) is 0 Å². The molecule has 0 radical (unpaired) electrons. The molecule has 0 fully saturated rings. The minimum Gasteiger partial charge on any atom is -0.463 e. The highest BCUT2D eigenvalue weighted by molar-refractivity contribution is 5.69. The molecule has 0 aliphatic heterocycles. The first kappa shape index (κ1) is 43.0. The monoisotopic (exact) mass is 644 g/mol. The summed E-state index contributed by atoms with van der Waals surface area (Å²) >= 11 is 0. The highest BCUT2D eigenvalue weighted by Crippen LogP contribution is 2.11. The number of aliphatic hydroxyl groups is 7. The van der Waals surface area contributed by atoms with Gasteiger partial charge >= 0.3 is 5.97 Å². The average molecular weight is 645 g/mol. The zero-order chi connectivity index (χ0) is 32.8. The molecule has 6 unspecified atom stereocenters. The third kappa shape index (κ3) is 29.7. The largest absolute Gasteiger partial charge is 0.463 e. The first-order valence-corrected chi connectivity index (χ1v) is 15.9. The summed E-state index contributed by atoms with van der Waals surface area (Å²) in [6, 6.07) is 0. The second-order valence-corrected chi connectivity index (χ2v) is 11.1. The SMILES string of the molecule is CCCCCCCCCCCC(=O)OCC(O)COCC(O)COCC(O)COCC(O)COCC(O)COCC(O)CO. The predicted octanol–water partition coefficient (Wildman–Crippen LogP) is -0.309. The van der Waals surface area contributed by atoms with Crippen LogP contribution in [0.4, 0.5) is 0 Å². The van der Waals surface area contributed by atoms with Crippen molar-refractivity contribution in [3.63, 3.8) is 0 Å². The topological polar surface area (TPSA) is 214 Å². The van der Waals surface area contributed by atoms with E-state index in [1.54, 1.807) is 0 Å². The van der Waals surface area contributed by atoms with E-state index < -0.39 is 43.2 Å². The van der Waals surface area contributed by atoms with Crippen LogP contribution in [-0.2, 0) is 33.2 Å². The molecule has 0 saturated carbocycles. The second-order valence-electron chi connectivity index (χ2n) is 11.1. The first-order chi connectivity index (χ1) is 21.2. The summed E-state index contributed by atoms with van der Waals surface area (Å²) in [7, 11) is 0. The van der Waals surface area contributed by atoms with E-state index in [0.717, 1.165) is 19.3 Å². The Labute approximate surface area is 262 Å². The highest BCUT2D eigenvalue weighted by atomic mass is 16.6. The van der Waals surface area contributed by atoms with Gasteiger partial charge in [0.1, 0.15) is 43.2 Å². The normalized spacial score (nSPS) is 15.9. The van der Waals surface area contributed by atoms with Crippen LogP contribution in [0.2, 0.25) is 0 Å². The lowest BCUT2D eigenvalue weighted by Gasteiger charge is -2.17. The fourth-order valence-electron chi connectivity index (χ4n) is 3.84. The quantitative estimate of drug-likeness (QED) is 0.0361. The second kappa shape index (κ2) is 30.6. The number of hydrogen-bond donors (Lipinski definition) is 7. The van der Waals surface area contributed by atoms with Gasteiger partial charge < -0.3 is 64.2 Å². The number of rotatable bonds is 33. The van der Waals surface area contributed by atoms with Gasteiger partial charge in [-0.1, -0.05) is 58.3 Å². The molecule has 14 heteroatoms. The van der Waals surface area contributed by atoms with Crippen LogP contribution in [0.3, 0.4) is 0 Å². The van der Waals surface area contributed by atoms with Crippen LogP contribution in [0, 0.1) is 0 Å². The number of unbranched alkanes of at least 4 members (excludes halogenated alkanes) is 8. The van der Waals surface area contributed by atoms with Crippen molar-refractivity contribution in [2.75, 3.05) is 79.3 Å². The molecule has 14 nitrogen and oxygen atoms in total. The molecule has 0 aromatic rings. The maximum atomic E-state index is 11.8. The molecule has 0 rings (SSSR count). The Morgan fingerprint density at radius 1 is 0.455 bits per heavy atom. The molecule has 0 saturated heterocycles. The Hall–Kier alpha value is -1.01. The lowest BCUT2D eigenvalue weighted by atomic mass is 10.1. The number of hydrogen-bond acceptors (Lipinski definition) is 14. The zero-order valence-corrected chi connectivity index (χ0v) is 26.5. The summed E-state index contributed by atoms with van der Waals surface area (Å²) in [6.07, 6.45) is 4.76. The van der Waals surface area contributed by atoms with Crippen molar-refractivity contribution in [1.82, 2.24) is 0 Å². The number of ether oxygens (including phenoxy) is 6. The Morgan fingerprint density at radius 3 is 1.09 bits per heavy atom. The molecule has 0 bridgehead atoms. The summed E-state index contributed by atoms with van der Waals surface area (Å²) in [5.74, 6) is -0.346. The van der Waals surface area contributed by atoms with Crippen molar-refractivity contribution in [3.05, 3.63) is 0 Å². The van der Waals surface area contributed by atoms with E-state index in [2.05, 4.69) is 6.92 Å². The lowest BCUT2D eigenvalue weighted by Crippen LogP contribution is -2.31. The van der Waals surface area contributed by atoms with Gasteiger partial charge in [-0.05, 0) is 6.42 Å². The van der Waals surface area contributed by atoms with Crippen LogP contribution in [0.15, 0.2) is 0 Å². The van der Waals surface area contributed by atoms with E-state index in [9.17, 15) is 30.3 Å². The molecule has 0 amide bonds. The summed E-state index contributed by atoms with van der Waals surface area (Å²) in [5.41, 5.74) is 0. The fourth-order valence-corrected chi connectivity index (χ4v) is 3.84. The molecule has 7 N–H and O–H groups in total. The summed E-state index contributed by atoms with van der Waals surface area (Å²) in [6.45, 7) is 0.397. The standard InChI is InChI=1S/C30H60O14/c1-2-3-4-5-6-7-8-9-10-11-30(38)44-23-29(37)22-43-21-28(36)20-42-19-27(35)18-41-17-26(34)16-40-15-25(33)14-39-13-24(32)12-31/h24-29,31-37H,2-23H2,1H3. The van der Waals surface area contributed by atoms with Crippen LogP contribution < -0.4 is 0 Å². The van der Waals surface area contributed by atoms with Gasteiger partial charge in [0, 0.05) is 6.42 Å². The Balaban J connectivity index is 3.65. The molecule has 0 aliphatic rings. The van der Waals surface area contributed by atoms with E-state index in [1.807, 2.05) is 0 Å². The van der Waals surface area contributed by atoms with Gasteiger partial charge in [-0.2, -0.15) is 0 Å². The number of esters is 1. The van der Waals surface area contributed by atoms with Crippen molar-refractivity contribution in [2.24, 2.45) is 0 Å². The van der Waals surface area contributed by atoms with E-state index in [1.165, 1.54) is 38.5 Å². The maximum absolute atomic E-state index is 11.8. The minimum atomic E-state index is -1.02. The van der Waals surface area contributed by atoms with Crippen molar-refractivity contribution in [3.8, 4) is 0 Å². The Bertz CT molecular complexity index is 629. The molecular formula is C30H60O14. The number of aliphatic hydroxyl groups excluding tert-OH is 7. The molecule has 0 aromatic carbocycles. The van der Waals surface area contributed by atoms with E-state index >= 15 is 0 Å². The number of carbonyl (C=O) groups is 1. The van der Waals surface area contributed by atoms with Crippen LogP contribution in [-0.4, -0.2) is 158 Å². The van der Waals surface area contributed by atoms with Crippen LogP contribution in [0.1, 0.15) is 71.1 Å². The van der Waals surface area contributed by atoms with Gasteiger partial charge in [0.15, 0.2) is 0 Å².